The summed E-state index contributed by atoms with van der Waals surface area (Å²) in [5, 5.41) is 9.30. The molecular formula is C12H10Cl2N6. The average Bonchev–Trinajstić information content (AvgIpc) is 2.79. The van der Waals surface area contributed by atoms with Crippen LogP contribution in [0, 0.1) is 0 Å². The molecule has 0 aromatic carbocycles. The normalized spacial score (nSPS) is 10.9. The Morgan fingerprint density at radius 1 is 1.20 bits per heavy atom. The van der Waals surface area contributed by atoms with Gasteiger partial charge in [0.05, 0.1) is 15.4 Å². The van der Waals surface area contributed by atoms with Crippen LogP contribution in [0.4, 0.5) is 5.82 Å². The number of pyridine rings is 1. The molecule has 0 atom stereocenters. The van der Waals surface area contributed by atoms with Gasteiger partial charge in [-0.3, -0.25) is 9.67 Å². The Balaban J connectivity index is 1.91. The fraction of sp³-hybridized carbons (Fsp3) is 0.167. The molecule has 0 saturated carbocycles. The van der Waals surface area contributed by atoms with Crippen LogP contribution in [0.15, 0.2) is 24.9 Å². The Bertz CT molecular complexity index is 749. The second-order valence-electron chi connectivity index (χ2n) is 4.20. The van der Waals surface area contributed by atoms with E-state index in [0.29, 0.717) is 28.1 Å². The molecule has 3 heterocycles. The molecule has 0 radical (unpaired) electrons. The van der Waals surface area contributed by atoms with Gasteiger partial charge in [-0.05, 0) is 0 Å². The zero-order chi connectivity index (χ0) is 14.1. The molecule has 3 aromatic heterocycles. The van der Waals surface area contributed by atoms with Crippen LogP contribution < -0.4 is 5.32 Å². The standard InChI is InChI=1S/C12H10Cl2N6/c1-20-5-8-11(17-6-18-12(8)19-20)16-2-7-9(13)3-15-4-10(7)14/h3-6H,2H2,1H3,(H,16,17,18,19). The maximum atomic E-state index is 6.08. The summed E-state index contributed by atoms with van der Waals surface area (Å²) in [4.78, 5) is 12.2. The molecule has 0 fully saturated rings. The predicted octanol–water partition coefficient (Wildman–Crippen LogP) is 2.68. The van der Waals surface area contributed by atoms with Gasteiger partial charge in [-0.2, -0.15) is 5.10 Å². The van der Waals surface area contributed by atoms with Gasteiger partial charge in [-0.15, -0.1) is 0 Å². The highest BCUT2D eigenvalue weighted by Gasteiger charge is 2.10. The van der Waals surface area contributed by atoms with Crippen LogP contribution in [0.3, 0.4) is 0 Å². The minimum absolute atomic E-state index is 0.446. The summed E-state index contributed by atoms with van der Waals surface area (Å²) in [6.45, 7) is 0.446. The quantitative estimate of drug-likeness (QED) is 0.805. The van der Waals surface area contributed by atoms with Crippen molar-refractivity contribution in [3.8, 4) is 0 Å². The first kappa shape index (κ1) is 13.1. The van der Waals surface area contributed by atoms with Gasteiger partial charge in [0.1, 0.15) is 12.1 Å². The first-order chi connectivity index (χ1) is 9.65. The van der Waals surface area contributed by atoms with Crippen molar-refractivity contribution in [3.63, 3.8) is 0 Å². The van der Waals surface area contributed by atoms with Crippen molar-refractivity contribution in [1.29, 1.82) is 0 Å². The molecule has 0 aliphatic carbocycles. The largest absolute Gasteiger partial charge is 0.365 e. The first-order valence-electron chi connectivity index (χ1n) is 5.81. The van der Waals surface area contributed by atoms with Gasteiger partial charge >= 0.3 is 0 Å². The van der Waals surface area contributed by atoms with Crippen LogP contribution in [-0.2, 0) is 13.6 Å². The maximum absolute atomic E-state index is 6.08. The predicted molar refractivity (Wildman–Crippen MR) is 77.9 cm³/mol. The lowest BCUT2D eigenvalue weighted by Crippen LogP contribution is -2.03. The molecule has 3 rings (SSSR count). The van der Waals surface area contributed by atoms with Gasteiger partial charge in [0.15, 0.2) is 5.65 Å². The number of aryl methyl sites for hydroxylation is 1. The maximum Gasteiger partial charge on any atom is 0.186 e. The van der Waals surface area contributed by atoms with E-state index in [1.807, 2.05) is 13.2 Å². The van der Waals surface area contributed by atoms with Gasteiger partial charge in [0, 0.05) is 37.7 Å². The second kappa shape index (κ2) is 5.22. The van der Waals surface area contributed by atoms with Gasteiger partial charge in [0.25, 0.3) is 0 Å². The first-order valence-corrected chi connectivity index (χ1v) is 6.57. The summed E-state index contributed by atoms with van der Waals surface area (Å²) >= 11 is 12.2. The fourth-order valence-electron chi connectivity index (χ4n) is 1.87. The Hall–Kier alpha value is -1.92. The third-order valence-electron chi connectivity index (χ3n) is 2.82. The molecule has 0 aliphatic heterocycles. The lowest BCUT2D eigenvalue weighted by atomic mass is 10.2. The highest BCUT2D eigenvalue weighted by Crippen LogP contribution is 2.25. The fourth-order valence-corrected chi connectivity index (χ4v) is 2.37. The number of halogens is 2. The van der Waals surface area contributed by atoms with E-state index in [4.69, 9.17) is 23.2 Å². The third-order valence-corrected chi connectivity index (χ3v) is 3.47. The number of hydrogen-bond donors (Lipinski definition) is 1. The Labute approximate surface area is 124 Å². The molecule has 0 unspecified atom stereocenters. The minimum Gasteiger partial charge on any atom is -0.365 e. The highest BCUT2D eigenvalue weighted by molar-refractivity contribution is 6.35. The number of nitrogens with one attached hydrogen (secondary N) is 1. The van der Waals surface area contributed by atoms with E-state index in [2.05, 4.69) is 25.4 Å². The SMILES string of the molecule is Cn1cc2c(NCc3c(Cl)cncc3Cl)ncnc2n1. The summed E-state index contributed by atoms with van der Waals surface area (Å²) in [7, 11) is 1.84. The molecule has 0 spiro atoms. The number of fused-ring (bicyclic) bond motifs is 1. The van der Waals surface area contributed by atoms with Gasteiger partial charge < -0.3 is 5.32 Å². The summed E-state index contributed by atoms with van der Waals surface area (Å²) in [5.74, 6) is 0.687. The van der Waals surface area contributed by atoms with Crippen molar-refractivity contribution >= 4 is 40.1 Å². The minimum atomic E-state index is 0.446. The zero-order valence-corrected chi connectivity index (χ0v) is 12.0. The molecule has 0 saturated heterocycles. The lowest BCUT2D eigenvalue weighted by molar-refractivity contribution is 0.775. The van der Waals surface area contributed by atoms with Gasteiger partial charge in [-0.25, -0.2) is 9.97 Å². The number of nitrogens with zero attached hydrogens (tertiary/aromatic N) is 5. The molecular weight excluding hydrogens is 299 g/mol. The Morgan fingerprint density at radius 2 is 1.95 bits per heavy atom. The van der Waals surface area contributed by atoms with Crippen LogP contribution in [0.25, 0.3) is 11.0 Å². The lowest BCUT2D eigenvalue weighted by Gasteiger charge is -2.08. The zero-order valence-electron chi connectivity index (χ0n) is 10.5. The number of hydrogen-bond acceptors (Lipinski definition) is 5. The van der Waals surface area contributed by atoms with Crippen molar-refractivity contribution in [2.45, 2.75) is 6.54 Å². The van der Waals surface area contributed by atoms with E-state index in [1.54, 1.807) is 17.1 Å². The Morgan fingerprint density at radius 3 is 2.70 bits per heavy atom. The van der Waals surface area contributed by atoms with Crippen LogP contribution in [0.1, 0.15) is 5.56 Å². The van der Waals surface area contributed by atoms with Crippen LogP contribution in [-0.4, -0.2) is 24.7 Å². The monoisotopic (exact) mass is 308 g/mol. The van der Waals surface area contributed by atoms with Gasteiger partial charge in [-0.1, -0.05) is 23.2 Å². The molecule has 6 nitrogen and oxygen atoms in total. The molecule has 20 heavy (non-hydrogen) atoms. The average molecular weight is 309 g/mol. The molecule has 3 aromatic rings. The van der Waals surface area contributed by atoms with E-state index in [9.17, 15) is 0 Å². The molecule has 0 amide bonds. The van der Waals surface area contributed by atoms with E-state index < -0.39 is 0 Å². The van der Waals surface area contributed by atoms with Crippen molar-refractivity contribution in [2.75, 3.05) is 5.32 Å². The van der Waals surface area contributed by atoms with E-state index >= 15 is 0 Å². The van der Waals surface area contributed by atoms with Crippen LogP contribution in [0.2, 0.25) is 10.0 Å². The molecule has 8 heteroatoms. The number of anilines is 1. The Kier molecular flexibility index (Phi) is 3.42. The van der Waals surface area contributed by atoms with Crippen LogP contribution in [0.5, 0.6) is 0 Å². The summed E-state index contributed by atoms with van der Waals surface area (Å²) < 4.78 is 1.69. The third kappa shape index (κ3) is 2.39. The highest BCUT2D eigenvalue weighted by atomic mass is 35.5. The summed E-state index contributed by atoms with van der Waals surface area (Å²) in [6.07, 6.45) is 6.44. The van der Waals surface area contributed by atoms with E-state index in [0.717, 1.165) is 10.9 Å². The van der Waals surface area contributed by atoms with Gasteiger partial charge in [0.2, 0.25) is 0 Å². The van der Waals surface area contributed by atoms with Crippen LogP contribution >= 0.6 is 23.2 Å². The topological polar surface area (TPSA) is 68.5 Å². The second-order valence-corrected chi connectivity index (χ2v) is 5.01. The van der Waals surface area contributed by atoms with Crippen molar-refractivity contribution in [1.82, 2.24) is 24.7 Å². The summed E-state index contributed by atoms with van der Waals surface area (Å²) in [6, 6.07) is 0. The molecule has 0 bridgehead atoms. The number of aromatic nitrogens is 5. The van der Waals surface area contributed by atoms with Crippen molar-refractivity contribution < 1.29 is 0 Å². The van der Waals surface area contributed by atoms with Crippen molar-refractivity contribution in [3.05, 3.63) is 40.5 Å². The number of rotatable bonds is 3. The molecule has 102 valence electrons. The van der Waals surface area contributed by atoms with Crippen molar-refractivity contribution in [2.24, 2.45) is 7.05 Å². The van der Waals surface area contributed by atoms with E-state index in [1.165, 1.54) is 6.33 Å². The summed E-state index contributed by atoms with van der Waals surface area (Å²) in [5.41, 5.74) is 1.41. The smallest absolute Gasteiger partial charge is 0.186 e. The molecule has 0 aliphatic rings. The molecule has 1 N–H and O–H groups in total. The van der Waals surface area contributed by atoms with E-state index in [-0.39, 0.29) is 0 Å².